The van der Waals surface area contributed by atoms with E-state index < -0.39 is 11.9 Å². The average Bonchev–Trinajstić information content (AvgIpc) is 2.78. The molecule has 38 heavy (non-hydrogen) atoms. The van der Waals surface area contributed by atoms with Gasteiger partial charge in [0.05, 0.1) is 6.42 Å². The molecule has 0 atom stereocenters. The van der Waals surface area contributed by atoms with Crippen molar-refractivity contribution in [3.8, 4) is 0 Å². The number of carbonyl (C=O) groups excluding carboxylic acids is 2. The second kappa shape index (κ2) is 28.5. The Bertz CT molecular complexity index is 712. The number of aliphatic carboxylic acids is 2. The maximum absolute atomic E-state index is 10.9. The number of allylic oxidation sites excluding steroid dienone is 8. The van der Waals surface area contributed by atoms with Crippen LogP contribution < -0.4 is 0 Å². The van der Waals surface area contributed by atoms with Gasteiger partial charge in [0.1, 0.15) is 12.1 Å². The number of Topliss-reactive ketones (excluding diaryl/α,β-unsaturated/α-hetero) is 1. The molecule has 6 nitrogen and oxygen atoms in total. The van der Waals surface area contributed by atoms with Crippen LogP contribution in [0.15, 0.2) is 61.3 Å². The Balaban J connectivity index is -0.000000210. The molecule has 0 aliphatic carbocycles. The molecular weight excluding hydrogens is 480 g/mol. The standard InChI is InChI=1S/C11H20O.C10H18O2.C6H10O.C5H6O2/c1-5-6-7-8-11(3,4)9-10(2)12;1-4-5-6-7-10(2,3)8-9(11)12;1-2-3-4-5-6-7;1-2-3-4-5(6)7/h7-8H,5-6,9H2,1-4H3;6-7H,4-5,8H2,1-3H3,(H,11,12);4-6H,2-3H2,1H3;2-4H,1H2,(H,6,7)/b8-7+;7-6+;5-4+;4-3+. The van der Waals surface area contributed by atoms with Crippen molar-refractivity contribution in [1.29, 1.82) is 0 Å². The van der Waals surface area contributed by atoms with Gasteiger partial charge in [0.2, 0.25) is 0 Å². The minimum absolute atomic E-state index is 0.0427. The Morgan fingerprint density at radius 1 is 0.737 bits per heavy atom. The molecule has 0 saturated heterocycles. The Labute approximate surface area is 232 Å². The number of aldehydes is 1. The lowest BCUT2D eigenvalue weighted by Gasteiger charge is -2.17. The zero-order chi connectivity index (χ0) is 30.5. The fourth-order valence-corrected chi connectivity index (χ4v) is 2.76. The van der Waals surface area contributed by atoms with Gasteiger partial charge in [-0.25, -0.2) is 4.79 Å². The summed E-state index contributed by atoms with van der Waals surface area (Å²) in [5, 5.41) is 16.5. The van der Waals surface area contributed by atoms with E-state index >= 15 is 0 Å². The zero-order valence-corrected chi connectivity index (χ0v) is 25.2. The molecule has 0 aliphatic rings. The summed E-state index contributed by atoms with van der Waals surface area (Å²) in [7, 11) is 0. The lowest BCUT2D eigenvalue weighted by Crippen LogP contribution is -2.13. The number of unbranched alkanes of at least 4 members (excludes halogenated alkanes) is 3. The molecule has 0 saturated carbocycles. The number of carboxylic acids is 2. The largest absolute Gasteiger partial charge is 0.481 e. The van der Waals surface area contributed by atoms with Crippen LogP contribution in [0.1, 0.15) is 107 Å². The highest BCUT2D eigenvalue weighted by Crippen LogP contribution is 2.23. The highest BCUT2D eigenvalue weighted by molar-refractivity contribution is 5.80. The third-order valence-electron chi connectivity index (χ3n) is 4.41. The van der Waals surface area contributed by atoms with Crippen molar-refractivity contribution in [1.82, 2.24) is 0 Å². The minimum atomic E-state index is -0.945. The van der Waals surface area contributed by atoms with Gasteiger partial charge < -0.3 is 10.2 Å². The van der Waals surface area contributed by atoms with Crippen molar-refractivity contribution in [2.45, 2.75) is 107 Å². The summed E-state index contributed by atoms with van der Waals surface area (Å²) in [6.07, 6.45) is 23.8. The van der Waals surface area contributed by atoms with Gasteiger partial charge in [-0.15, -0.1) is 0 Å². The van der Waals surface area contributed by atoms with Crippen LogP contribution in [0, 0.1) is 10.8 Å². The Hall–Kier alpha value is -3.02. The van der Waals surface area contributed by atoms with E-state index in [9.17, 15) is 19.2 Å². The van der Waals surface area contributed by atoms with Crippen LogP contribution in [-0.4, -0.2) is 34.2 Å². The molecule has 0 rings (SSSR count). The lowest BCUT2D eigenvalue weighted by molar-refractivity contribution is -0.138. The second-order valence-electron chi connectivity index (χ2n) is 10.1. The van der Waals surface area contributed by atoms with Crippen LogP contribution in [0.5, 0.6) is 0 Å². The Morgan fingerprint density at radius 3 is 1.45 bits per heavy atom. The highest BCUT2D eigenvalue weighted by Gasteiger charge is 2.17. The molecule has 0 radical (unpaired) electrons. The second-order valence-corrected chi connectivity index (χ2v) is 10.1. The van der Waals surface area contributed by atoms with Crippen molar-refractivity contribution in [3.63, 3.8) is 0 Å². The molecular formula is C32H54O6. The van der Waals surface area contributed by atoms with Gasteiger partial charge in [-0.2, -0.15) is 0 Å². The lowest BCUT2D eigenvalue weighted by atomic mass is 9.87. The summed E-state index contributed by atoms with van der Waals surface area (Å²) in [4.78, 5) is 40.5. The van der Waals surface area contributed by atoms with E-state index in [-0.39, 0.29) is 23.0 Å². The maximum Gasteiger partial charge on any atom is 0.328 e. The van der Waals surface area contributed by atoms with Crippen molar-refractivity contribution in [2.24, 2.45) is 10.8 Å². The van der Waals surface area contributed by atoms with E-state index in [4.69, 9.17) is 10.2 Å². The van der Waals surface area contributed by atoms with Crippen molar-refractivity contribution >= 4 is 24.0 Å². The van der Waals surface area contributed by atoms with Gasteiger partial charge in [0, 0.05) is 12.5 Å². The Morgan fingerprint density at radius 2 is 1.16 bits per heavy atom. The molecule has 0 spiro atoms. The first-order valence-corrected chi connectivity index (χ1v) is 13.3. The number of carboxylic acid groups (broad SMARTS) is 2. The summed E-state index contributed by atoms with van der Waals surface area (Å²) in [5.74, 6) is -1.41. The molecule has 6 heteroatoms. The van der Waals surface area contributed by atoms with Crippen LogP contribution in [0.2, 0.25) is 0 Å². The number of ketones is 1. The van der Waals surface area contributed by atoms with Crippen LogP contribution in [0.25, 0.3) is 0 Å². The molecule has 0 aromatic heterocycles. The normalized spacial score (nSPS) is 11.3. The van der Waals surface area contributed by atoms with E-state index in [0.29, 0.717) is 6.42 Å². The summed E-state index contributed by atoms with van der Waals surface area (Å²) in [5.41, 5.74) is -0.165. The third kappa shape index (κ3) is 46.3. The van der Waals surface area contributed by atoms with Crippen molar-refractivity contribution in [2.75, 3.05) is 0 Å². The summed E-state index contributed by atoms with van der Waals surface area (Å²) < 4.78 is 0. The quantitative estimate of drug-likeness (QED) is 0.0942. The SMILES string of the molecule is C=C/C=C/C(=O)O.CCC/C=C/C(C)(C)CC(=O)O.CCC/C=C/C(C)(C)CC(C)=O.CCC/C=C/C=O. The van der Waals surface area contributed by atoms with Gasteiger partial charge in [-0.3, -0.25) is 14.4 Å². The predicted molar refractivity (Wildman–Crippen MR) is 160 cm³/mol. The average molecular weight is 535 g/mol. The van der Waals surface area contributed by atoms with Crippen molar-refractivity contribution in [3.05, 3.63) is 61.3 Å². The van der Waals surface area contributed by atoms with Crippen molar-refractivity contribution < 1.29 is 29.4 Å². The van der Waals surface area contributed by atoms with Gasteiger partial charge in [-0.1, -0.05) is 117 Å². The van der Waals surface area contributed by atoms with E-state index in [1.807, 2.05) is 26.0 Å². The summed E-state index contributed by atoms with van der Waals surface area (Å²) >= 11 is 0. The number of carbonyl (C=O) groups is 4. The highest BCUT2D eigenvalue weighted by atomic mass is 16.4. The first-order chi connectivity index (χ1) is 17.6. The molecule has 0 fully saturated rings. The zero-order valence-electron chi connectivity index (χ0n) is 25.2. The molecule has 0 aliphatic heterocycles. The fourth-order valence-electron chi connectivity index (χ4n) is 2.76. The first kappa shape index (κ1) is 42.1. The minimum Gasteiger partial charge on any atom is -0.481 e. The van der Waals surface area contributed by atoms with Crippen LogP contribution in [0.3, 0.4) is 0 Å². The summed E-state index contributed by atoms with van der Waals surface area (Å²) in [6, 6.07) is 0. The van der Waals surface area contributed by atoms with Gasteiger partial charge in [0.15, 0.2) is 0 Å². The van der Waals surface area contributed by atoms with E-state index in [2.05, 4.69) is 59.4 Å². The third-order valence-corrected chi connectivity index (χ3v) is 4.41. The van der Waals surface area contributed by atoms with E-state index in [0.717, 1.165) is 44.5 Å². The number of hydrogen-bond acceptors (Lipinski definition) is 4. The molecule has 0 aromatic carbocycles. The van der Waals surface area contributed by atoms with Crippen LogP contribution in [-0.2, 0) is 19.2 Å². The first-order valence-electron chi connectivity index (χ1n) is 13.3. The monoisotopic (exact) mass is 534 g/mol. The Kier molecular flexibility index (Phi) is 31.6. The van der Waals surface area contributed by atoms with E-state index in [1.54, 1.807) is 6.92 Å². The molecule has 2 N–H and O–H groups in total. The molecule has 0 aromatic rings. The van der Waals surface area contributed by atoms with Crippen LogP contribution in [0.4, 0.5) is 0 Å². The van der Waals surface area contributed by atoms with Gasteiger partial charge in [-0.05, 0) is 43.1 Å². The molecule has 0 unspecified atom stereocenters. The number of rotatable bonds is 15. The smallest absolute Gasteiger partial charge is 0.328 e. The fraction of sp³-hybridized carbons (Fsp3) is 0.562. The van der Waals surface area contributed by atoms with Gasteiger partial charge in [0.25, 0.3) is 0 Å². The topological polar surface area (TPSA) is 109 Å². The van der Waals surface area contributed by atoms with E-state index in [1.165, 1.54) is 24.6 Å². The number of hydrogen-bond donors (Lipinski definition) is 2. The molecule has 0 heterocycles. The molecule has 0 bridgehead atoms. The molecule has 218 valence electrons. The maximum atomic E-state index is 10.9. The molecule has 0 amide bonds. The predicted octanol–water partition coefficient (Wildman–Crippen LogP) is 8.55. The van der Waals surface area contributed by atoms with Gasteiger partial charge >= 0.3 is 11.9 Å². The summed E-state index contributed by atoms with van der Waals surface area (Å²) in [6.45, 7) is 19.3. The van der Waals surface area contributed by atoms with Crippen LogP contribution >= 0.6 is 0 Å².